The Morgan fingerprint density at radius 3 is 1.36 bits per heavy atom. The molecule has 0 aliphatic carbocycles. The third-order valence-electron chi connectivity index (χ3n) is 6.60. The Morgan fingerprint density at radius 1 is 0.576 bits per heavy atom. The molecule has 0 heterocycles. The molecule has 0 aromatic rings. The maximum absolute atomic E-state index is 6.36. The van der Waals surface area contributed by atoms with Crippen molar-refractivity contribution in [2.45, 2.75) is 143 Å². The molecule has 0 amide bonds. The highest BCUT2D eigenvalue weighted by Gasteiger charge is 2.49. The second-order valence-corrected chi connectivity index (χ2v) is 12.5. The second-order valence-electron chi connectivity index (χ2n) is 9.57. The number of halogens is 1. The first-order valence-corrected chi connectivity index (χ1v) is 15.9. The summed E-state index contributed by atoms with van der Waals surface area (Å²) in [6, 6.07) is 0.561. The summed E-state index contributed by atoms with van der Waals surface area (Å²) < 4.78 is 19.1. The lowest BCUT2D eigenvalue weighted by molar-refractivity contribution is 0.0545. The zero-order chi connectivity index (χ0) is 24.1. The van der Waals surface area contributed by atoms with Crippen molar-refractivity contribution >= 4 is 21.2 Å². The van der Waals surface area contributed by atoms with Crippen molar-refractivity contribution in [3.8, 4) is 0 Å². The second kappa shape index (κ2) is 24.1. The Labute approximate surface area is 215 Å². The van der Waals surface area contributed by atoms with Gasteiger partial charge in [-0.25, -0.2) is 0 Å². The van der Waals surface area contributed by atoms with Crippen LogP contribution in [0.25, 0.3) is 0 Å². The minimum absolute atomic E-state index is 0. The average molecular weight is 510 g/mol. The molecule has 0 saturated carbocycles. The molecule has 2 unspecified atom stereocenters. The first-order valence-electron chi connectivity index (χ1n) is 14.1. The molecule has 202 valence electrons. The van der Waals surface area contributed by atoms with Gasteiger partial charge in [-0.2, -0.15) is 0 Å². The normalized spacial score (nSPS) is 13.8. The predicted octanol–water partition coefficient (Wildman–Crippen LogP) is 8.65. The predicted molar refractivity (Wildman–Crippen MR) is 150 cm³/mol. The van der Waals surface area contributed by atoms with Crippen LogP contribution in [-0.4, -0.2) is 53.7 Å². The SMILES string of the molecule is CCCCCCCCCCCCCC(CC(CCC)N(C)C)[Si](OCC)(OCC)OCC.Cl. The Morgan fingerprint density at radius 2 is 1.00 bits per heavy atom. The number of hydrogen-bond acceptors (Lipinski definition) is 4. The molecule has 0 spiro atoms. The van der Waals surface area contributed by atoms with E-state index in [9.17, 15) is 0 Å². The van der Waals surface area contributed by atoms with Gasteiger partial charge in [-0.1, -0.05) is 90.9 Å². The maximum Gasteiger partial charge on any atom is 0.504 e. The Hall–Kier alpha value is 0.347. The van der Waals surface area contributed by atoms with E-state index in [1.807, 2.05) is 0 Å². The molecule has 6 heteroatoms. The van der Waals surface area contributed by atoms with Gasteiger partial charge in [0, 0.05) is 31.4 Å². The van der Waals surface area contributed by atoms with E-state index in [2.05, 4.69) is 53.6 Å². The molecular formula is C27H60ClNO3Si. The summed E-state index contributed by atoms with van der Waals surface area (Å²) in [5.74, 6) is 0. The molecule has 0 saturated heterocycles. The zero-order valence-electron chi connectivity index (χ0n) is 23.5. The van der Waals surface area contributed by atoms with E-state index in [1.54, 1.807) is 0 Å². The molecule has 0 aromatic carbocycles. The number of hydrogen-bond donors (Lipinski definition) is 0. The fourth-order valence-electron chi connectivity index (χ4n) is 4.82. The van der Waals surface area contributed by atoms with Crippen molar-refractivity contribution in [2.24, 2.45) is 0 Å². The highest BCUT2D eigenvalue weighted by molar-refractivity contribution is 6.62. The van der Waals surface area contributed by atoms with Gasteiger partial charge < -0.3 is 18.2 Å². The molecule has 0 radical (unpaired) electrons. The van der Waals surface area contributed by atoms with Crippen LogP contribution in [0.3, 0.4) is 0 Å². The van der Waals surface area contributed by atoms with E-state index in [0.29, 0.717) is 31.4 Å². The molecule has 0 aliphatic rings. The van der Waals surface area contributed by atoms with Gasteiger partial charge in [0.25, 0.3) is 0 Å². The standard InChI is InChI=1S/C27H59NO3Si.ClH/c1-8-13-14-15-16-17-18-19-20-21-22-24-27(25-26(23-9-2)28(6)7)32(29-10-3,30-11-4)31-12-5;/h26-27H,8-25H2,1-7H3;1H. The van der Waals surface area contributed by atoms with E-state index in [4.69, 9.17) is 13.3 Å². The van der Waals surface area contributed by atoms with Gasteiger partial charge in [0.1, 0.15) is 0 Å². The minimum atomic E-state index is -2.69. The van der Waals surface area contributed by atoms with Crippen LogP contribution in [0.15, 0.2) is 0 Å². The first-order chi connectivity index (χ1) is 15.5. The zero-order valence-corrected chi connectivity index (χ0v) is 25.3. The summed E-state index contributed by atoms with van der Waals surface area (Å²) in [5, 5.41) is 0. The molecule has 0 rings (SSSR count). The van der Waals surface area contributed by atoms with Crippen molar-refractivity contribution in [3.63, 3.8) is 0 Å². The average Bonchev–Trinajstić information content (AvgIpc) is 2.76. The van der Waals surface area contributed by atoms with E-state index >= 15 is 0 Å². The third kappa shape index (κ3) is 16.6. The largest absolute Gasteiger partial charge is 0.504 e. The van der Waals surface area contributed by atoms with E-state index < -0.39 is 8.80 Å². The smallest absolute Gasteiger partial charge is 0.374 e. The van der Waals surface area contributed by atoms with Crippen molar-refractivity contribution in [2.75, 3.05) is 33.9 Å². The molecular weight excluding hydrogens is 450 g/mol. The van der Waals surface area contributed by atoms with Crippen molar-refractivity contribution in [1.29, 1.82) is 0 Å². The van der Waals surface area contributed by atoms with Crippen LogP contribution in [0.2, 0.25) is 5.54 Å². The number of nitrogens with zero attached hydrogens (tertiary/aromatic N) is 1. The van der Waals surface area contributed by atoms with Crippen LogP contribution in [0, 0.1) is 0 Å². The molecule has 0 fully saturated rings. The molecule has 0 N–H and O–H groups in total. The minimum Gasteiger partial charge on any atom is -0.374 e. The molecule has 2 atom stereocenters. The summed E-state index contributed by atoms with van der Waals surface area (Å²) in [5.41, 5.74) is 0.389. The van der Waals surface area contributed by atoms with Gasteiger partial charge >= 0.3 is 8.80 Å². The molecule has 0 aliphatic heterocycles. The Kier molecular flexibility index (Phi) is 25.9. The Balaban J connectivity index is 0. The van der Waals surface area contributed by atoms with Crippen molar-refractivity contribution in [3.05, 3.63) is 0 Å². The maximum atomic E-state index is 6.36. The molecule has 4 nitrogen and oxygen atoms in total. The summed E-state index contributed by atoms with van der Waals surface area (Å²) in [4.78, 5) is 2.39. The van der Waals surface area contributed by atoms with Crippen LogP contribution in [0.4, 0.5) is 0 Å². The highest BCUT2D eigenvalue weighted by Crippen LogP contribution is 2.37. The van der Waals surface area contributed by atoms with Crippen LogP contribution >= 0.6 is 12.4 Å². The van der Waals surface area contributed by atoms with Gasteiger partial charge in [0.15, 0.2) is 0 Å². The lowest BCUT2D eigenvalue weighted by Crippen LogP contribution is -2.52. The van der Waals surface area contributed by atoms with E-state index in [1.165, 1.54) is 83.5 Å². The molecule has 0 aromatic heterocycles. The lowest BCUT2D eigenvalue weighted by Gasteiger charge is -2.38. The monoisotopic (exact) mass is 509 g/mol. The van der Waals surface area contributed by atoms with Crippen LogP contribution in [0.1, 0.15) is 131 Å². The summed E-state index contributed by atoms with van der Waals surface area (Å²) in [6.45, 7) is 12.8. The van der Waals surface area contributed by atoms with Crippen molar-refractivity contribution < 1.29 is 13.3 Å². The first kappa shape index (κ1) is 35.5. The quantitative estimate of drug-likeness (QED) is 0.0961. The van der Waals surface area contributed by atoms with Gasteiger partial charge in [-0.15, -0.1) is 12.4 Å². The summed E-state index contributed by atoms with van der Waals surface area (Å²) in [6.07, 6.45) is 19.9. The van der Waals surface area contributed by atoms with E-state index in [0.717, 1.165) is 12.8 Å². The fraction of sp³-hybridized carbons (Fsp3) is 1.00. The summed E-state index contributed by atoms with van der Waals surface area (Å²) in [7, 11) is 1.74. The van der Waals surface area contributed by atoms with Gasteiger partial charge in [-0.05, 0) is 54.1 Å². The van der Waals surface area contributed by atoms with Crippen LogP contribution < -0.4 is 0 Å². The lowest BCUT2D eigenvalue weighted by atomic mass is 10.0. The molecule has 0 bridgehead atoms. The fourth-order valence-corrected chi connectivity index (χ4v) is 8.11. The summed E-state index contributed by atoms with van der Waals surface area (Å²) >= 11 is 0. The topological polar surface area (TPSA) is 30.9 Å². The van der Waals surface area contributed by atoms with Crippen LogP contribution in [-0.2, 0) is 13.3 Å². The van der Waals surface area contributed by atoms with Crippen LogP contribution in [0.5, 0.6) is 0 Å². The number of unbranched alkanes of at least 4 members (excludes halogenated alkanes) is 10. The third-order valence-corrected chi connectivity index (χ3v) is 10.2. The Bertz CT molecular complexity index is 385. The van der Waals surface area contributed by atoms with E-state index in [-0.39, 0.29) is 12.4 Å². The molecule has 33 heavy (non-hydrogen) atoms. The highest BCUT2D eigenvalue weighted by atomic mass is 35.5. The van der Waals surface area contributed by atoms with Crippen molar-refractivity contribution in [1.82, 2.24) is 4.90 Å². The van der Waals surface area contributed by atoms with Gasteiger partial charge in [0.2, 0.25) is 0 Å². The van der Waals surface area contributed by atoms with Gasteiger partial charge in [-0.3, -0.25) is 0 Å². The number of rotatable bonds is 24. The van der Waals surface area contributed by atoms with Gasteiger partial charge in [0.05, 0.1) is 0 Å².